The lowest BCUT2D eigenvalue weighted by Gasteiger charge is -2.09. The molecule has 0 saturated heterocycles. The van der Waals surface area contributed by atoms with Gasteiger partial charge < -0.3 is 10.1 Å². The van der Waals surface area contributed by atoms with Gasteiger partial charge in [0.05, 0.1) is 7.11 Å². The first kappa shape index (κ1) is 13.2. The Bertz CT molecular complexity index is 808. The molecule has 3 aromatic rings. The molecule has 0 aliphatic heterocycles. The van der Waals surface area contributed by atoms with Crippen molar-refractivity contribution in [3.63, 3.8) is 0 Å². The number of hydrogen-bond donors (Lipinski definition) is 2. The van der Waals surface area contributed by atoms with Gasteiger partial charge in [0, 0.05) is 6.54 Å². The van der Waals surface area contributed by atoms with E-state index in [2.05, 4.69) is 20.6 Å². The molecule has 0 aliphatic rings. The van der Waals surface area contributed by atoms with Crippen molar-refractivity contribution in [2.45, 2.75) is 6.42 Å². The minimum Gasteiger partial charge on any atom is -0.496 e. The molecular weight excluding hydrogens is 270 g/mol. The molecule has 7 nitrogen and oxygen atoms in total. The summed E-state index contributed by atoms with van der Waals surface area (Å²) in [4.78, 5) is 11.4. The summed E-state index contributed by atoms with van der Waals surface area (Å²) in [6.45, 7) is 0.686. The minimum absolute atomic E-state index is 0.349. The molecule has 0 atom stereocenters. The molecule has 108 valence electrons. The van der Waals surface area contributed by atoms with Crippen LogP contribution in [0.3, 0.4) is 0 Å². The lowest BCUT2D eigenvalue weighted by molar-refractivity contribution is 0.410. The summed E-state index contributed by atoms with van der Waals surface area (Å²) in [7, 11) is 1.66. The number of H-pyrrole nitrogens is 1. The third-order valence-corrected chi connectivity index (χ3v) is 3.17. The molecule has 2 aromatic heterocycles. The maximum absolute atomic E-state index is 11.4. The Labute approximate surface area is 120 Å². The monoisotopic (exact) mass is 285 g/mol. The maximum atomic E-state index is 11.4. The van der Waals surface area contributed by atoms with Crippen molar-refractivity contribution in [1.82, 2.24) is 19.8 Å². The highest BCUT2D eigenvalue weighted by Gasteiger charge is 2.04. The van der Waals surface area contributed by atoms with Gasteiger partial charge >= 0.3 is 5.69 Å². The quantitative estimate of drug-likeness (QED) is 0.733. The molecule has 1 aromatic carbocycles. The average molecular weight is 285 g/mol. The van der Waals surface area contributed by atoms with Crippen LogP contribution in [0.1, 0.15) is 5.56 Å². The molecule has 0 spiro atoms. The summed E-state index contributed by atoms with van der Waals surface area (Å²) in [6.07, 6.45) is 0.796. The number of anilines is 1. The number of nitrogens with zero attached hydrogens (tertiary/aromatic N) is 3. The Kier molecular flexibility index (Phi) is 3.55. The summed E-state index contributed by atoms with van der Waals surface area (Å²) in [5, 5.41) is 13.5. The molecule has 2 heterocycles. The molecule has 0 aliphatic carbocycles. The van der Waals surface area contributed by atoms with E-state index >= 15 is 0 Å². The fraction of sp³-hybridized carbons (Fsp3) is 0.214. The number of benzene rings is 1. The Morgan fingerprint density at radius 3 is 3.00 bits per heavy atom. The summed E-state index contributed by atoms with van der Waals surface area (Å²) < 4.78 is 6.54. The molecular formula is C14H15N5O2. The highest BCUT2D eigenvalue weighted by Crippen LogP contribution is 2.17. The number of rotatable bonds is 5. The zero-order chi connectivity index (χ0) is 14.7. The first-order chi connectivity index (χ1) is 10.3. The fourth-order valence-corrected chi connectivity index (χ4v) is 2.13. The van der Waals surface area contributed by atoms with Crippen LogP contribution < -0.4 is 15.7 Å². The van der Waals surface area contributed by atoms with Gasteiger partial charge in [-0.25, -0.2) is 9.89 Å². The van der Waals surface area contributed by atoms with Crippen molar-refractivity contribution in [1.29, 1.82) is 0 Å². The zero-order valence-corrected chi connectivity index (χ0v) is 11.5. The number of aromatic amines is 1. The van der Waals surface area contributed by atoms with E-state index in [0.29, 0.717) is 18.0 Å². The Morgan fingerprint density at radius 2 is 2.14 bits per heavy atom. The summed E-state index contributed by atoms with van der Waals surface area (Å²) in [5.41, 5.74) is 1.27. The van der Waals surface area contributed by atoms with Crippen molar-refractivity contribution in [2.24, 2.45) is 0 Å². The predicted octanol–water partition coefficient (Wildman–Crippen LogP) is 1.08. The number of para-hydroxylation sites is 1. The van der Waals surface area contributed by atoms with Gasteiger partial charge in [-0.1, -0.05) is 18.2 Å². The van der Waals surface area contributed by atoms with E-state index in [1.807, 2.05) is 24.3 Å². The van der Waals surface area contributed by atoms with Crippen LogP contribution in [-0.4, -0.2) is 33.5 Å². The summed E-state index contributed by atoms with van der Waals surface area (Å²) >= 11 is 0. The number of nitrogens with one attached hydrogen (secondary N) is 2. The second kappa shape index (κ2) is 5.66. The molecule has 0 fully saturated rings. The van der Waals surface area contributed by atoms with E-state index < -0.39 is 0 Å². The maximum Gasteiger partial charge on any atom is 0.364 e. The van der Waals surface area contributed by atoms with Gasteiger partial charge in [0.15, 0.2) is 5.65 Å². The molecule has 0 amide bonds. The number of ether oxygens (including phenoxy) is 1. The van der Waals surface area contributed by atoms with Gasteiger partial charge in [0.2, 0.25) is 0 Å². The number of fused-ring (bicyclic) bond motifs is 1. The van der Waals surface area contributed by atoms with E-state index in [4.69, 9.17) is 4.74 Å². The largest absolute Gasteiger partial charge is 0.496 e. The molecule has 0 unspecified atom stereocenters. The van der Waals surface area contributed by atoms with Gasteiger partial charge in [0.25, 0.3) is 0 Å². The van der Waals surface area contributed by atoms with Crippen molar-refractivity contribution in [2.75, 3.05) is 19.0 Å². The minimum atomic E-state index is -0.349. The Balaban J connectivity index is 1.69. The molecule has 7 heteroatoms. The van der Waals surface area contributed by atoms with Crippen LogP contribution in [0.4, 0.5) is 5.82 Å². The van der Waals surface area contributed by atoms with Crippen LogP contribution in [0.2, 0.25) is 0 Å². The Morgan fingerprint density at radius 1 is 1.29 bits per heavy atom. The van der Waals surface area contributed by atoms with Gasteiger partial charge in [0.1, 0.15) is 11.6 Å². The standard InChI is InChI=1S/C14H15N5O2/c1-21-11-5-3-2-4-10(11)8-9-15-12-6-7-13-16-17-14(20)19(13)18-12/h2-7H,8-9H2,1H3,(H,15,18)(H,17,20). The smallest absolute Gasteiger partial charge is 0.364 e. The molecule has 3 rings (SSSR count). The second-order valence-electron chi connectivity index (χ2n) is 4.51. The third kappa shape index (κ3) is 2.71. The van der Waals surface area contributed by atoms with Gasteiger partial charge in [-0.05, 0) is 30.2 Å². The first-order valence-corrected chi connectivity index (χ1v) is 6.58. The molecule has 2 N–H and O–H groups in total. The summed E-state index contributed by atoms with van der Waals surface area (Å²) in [6, 6.07) is 11.4. The van der Waals surface area contributed by atoms with E-state index in [9.17, 15) is 4.79 Å². The van der Waals surface area contributed by atoms with Crippen LogP contribution in [0, 0.1) is 0 Å². The van der Waals surface area contributed by atoms with Crippen LogP contribution >= 0.6 is 0 Å². The zero-order valence-electron chi connectivity index (χ0n) is 11.5. The van der Waals surface area contributed by atoms with Crippen LogP contribution in [0.15, 0.2) is 41.2 Å². The topological polar surface area (TPSA) is 84.3 Å². The van der Waals surface area contributed by atoms with Gasteiger partial charge in [-0.2, -0.15) is 9.61 Å². The predicted molar refractivity (Wildman–Crippen MR) is 78.8 cm³/mol. The number of hydrogen-bond acceptors (Lipinski definition) is 5. The van der Waals surface area contributed by atoms with E-state index in [1.165, 1.54) is 4.52 Å². The van der Waals surface area contributed by atoms with Crippen molar-refractivity contribution in [3.05, 3.63) is 52.4 Å². The Hall–Kier alpha value is -2.83. The highest BCUT2D eigenvalue weighted by atomic mass is 16.5. The number of aromatic nitrogens is 4. The lowest BCUT2D eigenvalue weighted by atomic mass is 10.1. The van der Waals surface area contributed by atoms with E-state index in [-0.39, 0.29) is 5.69 Å². The fourth-order valence-electron chi connectivity index (χ4n) is 2.13. The highest BCUT2D eigenvalue weighted by molar-refractivity contribution is 5.43. The van der Waals surface area contributed by atoms with Crippen LogP contribution in [0.25, 0.3) is 5.65 Å². The van der Waals surface area contributed by atoms with Crippen LogP contribution in [0.5, 0.6) is 5.75 Å². The van der Waals surface area contributed by atoms with E-state index in [1.54, 1.807) is 19.2 Å². The molecule has 0 bridgehead atoms. The van der Waals surface area contributed by atoms with Crippen molar-refractivity contribution >= 4 is 11.5 Å². The molecule has 21 heavy (non-hydrogen) atoms. The first-order valence-electron chi connectivity index (χ1n) is 6.58. The number of methoxy groups -OCH3 is 1. The second-order valence-corrected chi connectivity index (χ2v) is 4.51. The lowest BCUT2D eigenvalue weighted by Crippen LogP contribution is -2.15. The van der Waals surface area contributed by atoms with Gasteiger partial charge in [-0.3, -0.25) is 0 Å². The SMILES string of the molecule is COc1ccccc1CCNc1ccc2n[nH]c(=O)n2n1. The van der Waals surface area contributed by atoms with Crippen molar-refractivity contribution < 1.29 is 4.74 Å². The van der Waals surface area contributed by atoms with E-state index in [0.717, 1.165) is 17.7 Å². The molecule has 0 saturated carbocycles. The van der Waals surface area contributed by atoms with Crippen LogP contribution in [-0.2, 0) is 6.42 Å². The van der Waals surface area contributed by atoms with Gasteiger partial charge in [-0.15, -0.1) is 5.10 Å². The average Bonchev–Trinajstić information content (AvgIpc) is 2.89. The molecule has 0 radical (unpaired) electrons. The summed E-state index contributed by atoms with van der Waals surface area (Å²) in [5.74, 6) is 1.50. The third-order valence-electron chi connectivity index (χ3n) is 3.17. The normalized spacial score (nSPS) is 10.7. The van der Waals surface area contributed by atoms with Crippen molar-refractivity contribution in [3.8, 4) is 5.75 Å².